The fraction of sp³-hybridized carbons (Fsp3) is 0.364. The van der Waals surface area contributed by atoms with Crippen molar-refractivity contribution in [3.63, 3.8) is 0 Å². The van der Waals surface area contributed by atoms with E-state index in [1.807, 2.05) is 10.9 Å². The van der Waals surface area contributed by atoms with E-state index in [9.17, 15) is 18.8 Å². The maximum Gasteiger partial charge on any atom is 0.269 e. The summed E-state index contributed by atoms with van der Waals surface area (Å²) in [6.45, 7) is -0.504. The van der Waals surface area contributed by atoms with Gasteiger partial charge in [-0.05, 0) is 40.9 Å². The summed E-state index contributed by atoms with van der Waals surface area (Å²) in [5, 5.41) is 11.1. The van der Waals surface area contributed by atoms with Crippen LogP contribution >= 0.6 is 15.9 Å². The smallest absolute Gasteiger partial charge is 0.269 e. The van der Waals surface area contributed by atoms with Crippen molar-refractivity contribution in [1.29, 1.82) is 0 Å². The van der Waals surface area contributed by atoms with Crippen LogP contribution in [0.3, 0.4) is 0 Å². The van der Waals surface area contributed by atoms with Crippen molar-refractivity contribution in [1.82, 2.24) is 29.4 Å². The number of hydrogen-bond acceptors (Lipinski definition) is 6. The zero-order chi connectivity index (χ0) is 24.7. The summed E-state index contributed by atoms with van der Waals surface area (Å²) in [5.41, 5.74) is 6.64. The van der Waals surface area contributed by atoms with E-state index < -0.39 is 29.9 Å². The number of nitrogens with one attached hydrogen (secondary N) is 1. The molecular formula is C22H22BrFN8O3. The van der Waals surface area contributed by atoms with Gasteiger partial charge in [-0.3, -0.25) is 23.7 Å². The number of amides is 3. The van der Waals surface area contributed by atoms with Crippen LogP contribution in [0.2, 0.25) is 0 Å². The highest BCUT2D eigenvalue weighted by Gasteiger charge is 2.40. The van der Waals surface area contributed by atoms with Crippen LogP contribution in [0.5, 0.6) is 0 Å². The van der Waals surface area contributed by atoms with Crippen LogP contribution in [0.4, 0.5) is 10.2 Å². The van der Waals surface area contributed by atoms with Crippen LogP contribution in [-0.2, 0) is 16.1 Å². The second-order valence-corrected chi connectivity index (χ2v) is 9.44. The summed E-state index contributed by atoms with van der Waals surface area (Å²) in [6.07, 6.45) is 5.62. The van der Waals surface area contributed by atoms with E-state index in [1.165, 1.54) is 15.8 Å². The maximum absolute atomic E-state index is 14.3. The standard InChI is InChI=1S/C22H22BrFN8O3/c23-17-2-1-3-18(27-17)28-22(35)16-6-13(24)9-31(16)19(33)11-30-10-15(20(29-30)21(25)34)12-7-26-32(8-12)14-4-5-14/h1-3,7-8,10,13-14,16H,4-6,9,11H2,(H2,25,34)(H,27,28,35)/t13-,16+/m1/s1. The van der Waals surface area contributed by atoms with Crippen LogP contribution in [0.1, 0.15) is 35.8 Å². The molecule has 2 atom stereocenters. The number of alkyl halides is 1. The molecule has 0 radical (unpaired) electrons. The van der Waals surface area contributed by atoms with Crippen LogP contribution in [-0.4, -0.2) is 65.9 Å². The SMILES string of the molecule is NC(=O)c1nn(CC(=O)N2C[C@H](F)C[C@H]2C(=O)Nc2cccc(Br)n2)cc1-c1cnn(C2CC2)c1. The monoisotopic (exact) mass is 544 g/mol. The minimum atomic E-state index is -1.34. The molecule has 13 heteroatoms. The Morgan fingerprint density at radius 2 is 2.03 bits per heavy atom. The van der Waals surface area contributed by atoms with Gasteiger partial charge in [0.1, 0.15) is 29.2 Å². The van der Waals surface area contributed by atoms with E-state index >= 15 is 0 Å². The van der Waals surface area contributed by atoms with Crippen molar-refractivity contribution in [2.75, 3.05) is 11.9 Å². The number of carbonyl (C=O) groups excluding carboxylic acids is 3. The Morgan fingerprint density at radius 3 is 2.74 bits per heavy atom. The number of rotatable bonds is 7. The molecule has 4 heterocycles. The summed E-state index contributed by atoms with van der Waals surface area (Å²) in [4.78, 5) is 43.2. The molecule has 3 aromatic rings. The average Bonchev–Trinajstić information content (AvgIpc) is 3.20. The molecule has 3 aromatic heterocycles. The van der Waals surface area contributed by atoms with Crippen LogP contribution in [0.25, 0.3) is 11.1 Å². The van der Waals surface area contributed by atoms with Crippen molar-refractivity contribution in [2.45, 2.75) is 44.1 Å². The number of halogens is 2. The predicted molar refractivity (Wildman–Crippen MR) is 126 cm³/mol. The lowest BCUT2D eigenvalue weighted by Crippen LogP contribution is -2.44. The van der Waals surface area contributed by atoms with Gasteiger partial charge in [0.2, 0.25) is 11.8 Å². The van der Waals surface area contributed by atoms with Gasteiger partial charge < -0.3 is 16.0 Å². The molecule has 2 fully saturated rings. The van der Waals surface area contributed by atoms with Gasteiger partial charge in [0.15, 0.2) is 5.69 Å². The molecule has 3 amide bonds. The first kappa shape index (κ1) is 23.1. The van der Waals surface area contributed by atoms with E-state index in [-0.39, 0.29) is 31.0 Å². The van der Waals surface area contributed by atoms with Crippen molar-refractivity contribution in [2.24, 2.45) is 5.73 Å². The highest BCUT2D eigenvalue weighted by Crippen LogP contribution is 2.35. The minimum absolute atomic E-state index is 0.00737. The lowest BCUT2D eigenvalue weighted by Gasteiger charge is -2.23. The molecule has 1 saturated heterocycles. The Kier molecular flexibility index (Phi) is 6.09. The van der Waals surface area contributed by atoms with Gasteiger partial charge in [0.25, 0.3) is 5.91 Å². The van der Waals surface area contributed by atoms with Crippen molar-refractivity contribution in [3.05, 3.63) is 47.1 Å². The second kappa shape index (κ2) is 9.21. The Hall–Kier alpha value is -3.61. The number of carbonyl (C=O) groups is 3. The summed E-state index contributed by atoms with van der Waals surface area (Å²) in [6, 6.07) is 4.35. The number of pyridine rings is 1. The molecule has 1 saturated carbocycles. The molecule has 0 unspecified atom stereocenters. The van der Waals surface area contributed by atoms with Crippen LogP contribution in [0.15, 0.2) is 41.4 Å². The molecule has 3 N–H and O–H groups in total. The van der Waals surface area contributed by atoms with Gasteiger partial charge in [-0.15, -0.1) is 0 Å². The van der Waals surface area contributed by atoms with E-state index in [4.69, 9.17) is 5.73 Å². The normalized spacial score (nSPS) is 19.7. The Labute approximate surface area is 207 Å². The third-order valence-electron chi connectivity index (χ3n) is 5.97. The molecule has 5 rings (SSSR count). The van der Waals surface area contributed by atoms with Crippen molar-refractivity contribution in [3.8, 4) is 11.1 Å². The van der Waals surface area contributed by atoms with Crippen LogP contribution < -0.4 is 11.1 Å². The van der Waals surface area contributed by atoms with Gasteiger partial charge in [0, 0.05) is 29.9 Å². The second-order valence-electron chi connectivity index (χ2n) is 8.62. The average molecular weight is 545 g/mol. The molecule has 182 valence electrons. The number of nitrogens with zero attached hydrogens (tertiary/aromatic N) is 6. The van der Waals surface area contributed by atoms with Gasteiger partial charge >= 0.3 is 0 Å². The third kappa shape index (κ3) is 4.94. The van der Waals surface area contributed by atoms with Crippen molar-refractivity contribution >= 4 is 39.5 Å². The van der Waals surface area contributed by atoms with E-state index in [0.717, 1.165) is 12.8 Å². The van der Waals surface area contributed by atoms with Gasteiger partial charge in [-0.2, -0.15) is 10.2 Å². The number of primary amides is 1. The highest BCUT2D eigenvalue weighted by molar-refractivity contribution is 9.10. The number of nitrogens with two attached hydrogens (primary N) is 1. The summed E-state index contributed by atoms with van der Waals surface area (Å²) < 4.78 is 17.9. The van der Waals surface area contributed by atoms with Gasteiger partial charge in [-0.25, -0.2) is 9.37 Å². The number of hydrogen-bond donors (Lipinski definition) is 2. The third-order valence-corrected chi connectivity index (χ3v) is 6.41. The molecular weight excluding hydrogens is 523 g/mol. The van der Waals surface area contributed by atoms with E-state index in [0.29, 0.717) is 21.8 Å². The van der Waals surface area contributed by atoms with Crippen LogP contribution in [0, 0.1) is 0 Å². The predicted octanol–water partition coefficient (Wildman–Crippen LogP) is 1.92. The first-order chi connectivity index (χ1) is 16.8. The molecule has 11 nitrogen and oxygen atoms in total. The molecule has 0 bridgehead atoms. The number of anilines is 1. The topological polar surface area (TPSA) is 141 Å². The first-order valence-electron chi connectivity index (χ1n) is 11.1. The summed E-state index contributed by atoms with van der Waals surface area (Å²) in [5.74, 6) is -1.50. The lowest BCUT2D eigenvalue weighted by molar-refractivity contribution is -0.137. The Morgan fingerprint density at radius 1 is 1.23 bits per heavy atom. The molecule has 0 aromatic carbocycles. The lowest BCUT2D eigenvalue weighted by atomic mass is 10.1. The number of aromatic nitrogens is 5. The maximum atomic E-state index is 14.3. The number of likely N-dealkylation sites (tertiary alicyclic amines) is 1. The first-order valence-corrected chi connectivity index (χ1v) is 11.9. The largest absolute Gasteiger partial charge is 0.364 e. The molecule has 1 aliphatic carbocycles. The summed E-state index contributed by atoms with van der Waals surface area (Å²) in [7, 11) is 0. The molecule has 1 aliphatic heterocycles. The zero-order valence-corrected chi connectivity index (χ0v) is 20.1. The Bertz CT molecular complexity index is 1300. The molecule has 0 spiro atoms. The van der Waals surface area contributed by atoms with Crippen molar-refractivity contribution < 1.29 is 18.8 Å². The zero-order valence-electron chi connectivity index (χ0n) is 18.5. The fourth-order valence-corrected chi connectivity index (χ4v) is 4.48. The van der Waals surface area contributed by atoms with E-state index in [1.54, 1.807) is 24.4 Å². The minimum Gasteiger partial charge on any atom is -0.364 e. The van der Waals surface area contributed by atoms with Gasteiger partial charge in [0.05, 0.1) is 18.8 Å². The fourth-order valence-electron chi connectivity index (χ4n) is 4.14. The van der Waals surface area contributed by atoms with E-state index in [2.05, 4.69) is 36.4 Å². The quantitative estimate of drug-likeness (QED) is 0.435. The van der Waals surface area contributed by atoms with Gasteiger partial charge in [-0.1, -0.05) is 6.07 Å². The molecule has 2 aliphatic rings. The highest BCUT2D eigenvalue weighted by atomic mass is 79.9. The Balaban J connectivity index is 1.33. The summed E-state index contributed by atoms with van der Waals surface area (Å²) >= 11 is 3.23. The molecule has 35 heavy (non-hydrogen) atoms.